The van der Waals surface area contributed by atoms with Crippen molar-refractivity contribution >= 4 is 0 Å². The molecule has 0 aliphatic carbocycles. The predicted molar refractivity (Wildman–Crippen MR) is 35.3 cm³/mol. The van der Waals surface area contributed by atoms with Crippen molar-refractivity contribution in [2.75, 3.05) is 6.54 Å². The number of hydrogen-bond acceptors (Lipinski definition) is 1. The van der Waals surface area contributed by atoms with Crippen molar-refractivity contribution in [3.8, 4) is 0 Å². The molecule has 0 aliphatic heterocycles. The zero-order valence-corrected chi connectivity index (χ0v) is 5.91. The molecule has 0 atom stereocenters. The molecule has 0 fully saturated rings. The lowest BCUT2D eigenvalue weighted by Crippen LogP contribution is -2.24. The lowest BCUT2D eigenvalue weighted by molar-refractivity contribution is 0.344. The van der Waals surface area contributed by atoms with Gasteiger partial charge in [0.15, 0.2) is 0 Å². The summed E-state index contributed by atoms with van der Waals surface area (Å²) in [7, 11) is 6.71. The maximum Gasteiger partial charge on any atom is 0.0851 e. The molecule has 1 N–H and O–H groups in total. The van der Waals surface area contributed by atoms with E-state index in [1.165, 1.54) is 0 Å². The Bertz CT molecular complexity index is 57.4. The van der Waals surface area contributed by atoms with Gasteiger partial charge in [-0.25, -0.2) is 0 Å². The SMILES string of the molecule is [C]NCC(C)(C)CC. The second-order valence-electron chi connectivity index (χ2n) is 2.87. The minimum Gasteiger partial charge on any atom is -0.306 e. The molecule has 0 amide bonds. The lowest BCUT2D eigenvalue weighted by atomic mass is 9.90. The minimum absolute atomic E-state index is 0.293. The summed E-state index contributed by atoms with van der Waals surface area (Å²) >= 11 is 0. The first-order valence-corrected chi connectivity index (χ1v) is 3.02. The summed E-state index contributed by atoms with van der Waals surface area (Å²) < 4.78 is 0. The van der Waals surface area contributed by atoms with Crippen molar-refractivity contribution < 1.29 is 0 Å². The van der Waals surface area contributed by atoms with Crippen LogP contribution in [-0.2, 0) is 0 Å². The van der Waals surface area contributed by atoms with E-state index < -0.39 is 0 Å². The van der Waals surface area contributed by atoms with Crippen molar-refractivity contribution in [2.24, 2.45) is 5.41 Å². The Kier molecular flexibility index (Phi) is 3.06. The molecule has 0 spiro atoms. The van der Waals surface area contributed by atoms with Crippen LogP contribution < -0.4 is 5.32 Å². The van der Waals surface area contributed by atoms with Gasteiger partial charge in [-0.2, -0.15) is 0 Å². The van der Waals surface area contributed by atoms with Crippen LogP contribution >= 0.6 is 0 Å². The lowest BCUT2D eigenvalue weighted by Gasteiger charge is -2.20. The smallest absolute Gasteiger partial charge is 0.0851 e. The van der Waals surface area contributed by atoms with Crippen molar-refractivity contribution in [2.45, 2.75) is 27.2 Å². The average Bonchev–Trinajstić information content (AvgIpc) is 1.67. The van der Waals surface area contributed by atoms with Crippen LogP contribution in [-0.4, -0.2) is 6.54 Å². The van der Waals surface area contributed by atoms with E-state index in [-0.39, 0.29) is 0 Å². The fraction of sp³-hybridized carbons (Fsp3) is 0.857. The van der Waals surface area contributed by atoms with Crippen molar-refractivity contribution in [1.29, 1.82) is 0 Å². The quantitative estimate of drug-likeness (QED) is 0.584. The fourth-order valence-corrected chi connectivity index (χ4v) is 0.364. The minimum atomic E-state index is 0.293. The summed E-state index contributed by atoms with van der Waals surface area (Å²) in [4.78, 5) is 0. The van der Waals surface area contributed by atoms with Gasteiger partial charge in [0.2, 0.25) is 0 Å². The van der Waals surface area contributed by atoms with Crippen molar-refractivity contribution in [3.63, 3.8) is 0 Å². The molecule has 0 aromatic carbocycles. The second kappa shape index (κ2) is 3.08. The first-order valence-electron chi connectivity index (χ1n) is 3.02. The van der Waals surface area contributed by atoms with Crippen LogP contribution in [0.3, 0.4) is 0 Å². The first-order chi connectivity index (χ1) is 3.62. The van der Waals surface area contributed by atoms with E-state index in [4.69, 9.17) is 7.05 Å². The molecule has 3 radical (unpaired) electrons. The maximum absolute atomic E-state index is 6.71. The predicted octanol–water partition coefficient (Wildman–Crippen LogP) is 1.56. The van der Waals surface area contributed by atoms with Gasteiger partial charge < -0.3 is 5.32 Å². The summed E-state index contributed by atoms with van der Waals surface area (Å²) in [5.74, 6) is 0. The zero-order chi connectivity index (χ0) is 6.62. The van der Waals surface area contributed by atoms with Crippen LogP contribution in [0.25, 0.3) is 0 Å². The van der Waals surface area contributed by atoms with Gasteiger partial charge >= 0.3 is 0 Å². The average molecular weight is 112 g/mol. The highest BCUT2D eigenvalue weighted by atomic mass is 14.8. The number of nitrogens with one attached hydrogen (secondary N) is 1. The summed E-state index contributed by atoms with van der Waals surface area (Å²) in [5.41, 5.74) is 0.293. The molecule has 0 aromatic heterocycles. The third-order valence-corrected chi connectivity index (χ3v) is 1.52. The third-order valence-electron chi connectivity index (χ3n) is 1.52. The van der Waals surface area contributed by atoms with Gasteiger partial charge in [-0.3, -0.25) is 0 Å². The van der Waals surface area contributed by atoms with Gasteiger partial charge in [0.1, 0.15) is 0 Å². The van der Waals surface area contributed by atoms with E-state index in [1.54, 1.807) is 0 Å². The van der Waals surface area contributed by atoms with Crippen LogP contribution in [0.5, 0.6) is 0 Å². The Morgan fingerprint density at radius 2 is 2.00 bits per heavy atom. The van der Waals surface area contributed by atoms with Gasteiger partial charge in [-0.05, 0) is 11.8 Å². The largest absolute Gasteiger partial charge is 0.306 e. The number of rotatable bonds is 3. The highest BCUT2D eigenvalue weighted by Gasteiger charge is 2.12. The number of hydrogen-bond donors (Lipinski definition) is 1. The standard InChI is InChI=1S/C7H14N/c1-5-7(2,3)6-8-4/h8H,5-6H2,1-3H3. The fourth-order valence-electron chi connectivity index (χ4n) is 0.364. The molecule has 0 unspecified atom stereocenters. The van der Waals surface area contributed by atoms with Gasteiger partial charge in [-0.15, -0.1) is 0 Å². The Morgan fingerprint density at radius 1 is 1.50 bits per heavy atom. The first kappa shape index (κ1) is 7.96. The van der Waals surface area contributed by atoms with Crippen LogP contribution in [0.15, 0.2) is 0 Å². The van der Waals surface area contributed by atoms with Crippen molar-refractivity contribution in [3.05, 3.63) is 7.05 Å². The Balaban J connectivity index is 3.37. The molecule has 1 heteroatoms. The third kappa shape index (κ3) is 3.03. The van der Waals surface area contributed by atoms with Gasteiger partial charge in [0, 0.05) is 6.54 Å². The molecular formula is C7H14N. The van der Waals surface area contributed by atoms with E-state index in [2.05, 4.69) is 26.1 Å². The molecule has 0 bridgehead atoms. The van der Waals surface area contributed by atoms with E-state index in [0.29, 0.717) is 5.41 Å². The Labute approximate surface area is 52.5 Å². The van der Waals surface area contributed by atoms with Crippen LogP contribution in [0.2, 0.25) is 0 Å². The second-order valence-corrected chi connectivity index (χ2v) is 2.87. The van der Waals surface area contributed by atoms with E-state index in [0.717, 1.165) is 13.0 Å². The normalized spacial score (nSPS) is 12.0. The molecule has 0 saturated carbocycles. The van der Waals surface area contributed by atoms with E-state index >= 15 is 0 Å². The molecule has 47 valence electrons. The Hall–Kier alpha value is -0.0400. The highest BCUT2D eigenvalue weighted by molar-refractivity contribution is 4.68. The van der Waals surface area contributed by atoms with Gasteiger partial charge in [0.05, 0.1) is 7.05 Å². The molecular weight excluding hydrogens is 98.1 g/mol. The monoisotopic (exact) mass is 112 g/mol. The van der Waals surface area contributed by atoms with Crippen LogP contribution in [0, 0.1) is 12.5 Å². The van der Waals surface area contributed by atoms with Crippen molar-refractivity contribution in [1.82, 2.24) is 5.32 Å². The molecule has 0 aliphatic rings. The summed E-state index contributed by atoms with van der Waals surface area (Å²) in [6, 6.07) is 0. The Morgan fingerprint density at radius 3 is 2.12 bits per heavy atom. The topological polar surface area (TPSA) is 12.0 Å². The molecule has 0 rings (SSSR count). The summed E-state index contributed by atoms with van der Waals surface area (Å²) in [6.45, 7) is 7.21. The molecule has 8 heavy (non-hydrogen) atoms. The van der Waals surface area contributed by atoms with E-state index in [9.17, 15) is 0 Å². The van der Waals surface area contributed by atoms with Gasteiger partial charge in [0.25, 0.3) is 0 Å². The van der Waals surface area contributed by atoms with Gasteiger partial charge in [-0.1, -0.05) is 20.8 Å². The maximum atomic E-state index is 6.71. The molecule has 0 aromatic rings. The summed E-state index contributed by atoms with van der Waals surface area (Å²) in [5, 5.41) is 2.41. The summed E-state index contributed by atoms with van der Waals surface area (Å²) in [6.07, 6.45) is 1.12. The molecule has 1 nitrogen and oxygen atoms in total. The molecule has 0 heterocycles. The van der Waals surface area contributed by atoms with E-state index in [1.807, 2.05) is 0 Å². The molecule has 0 saturated heterocycles. The van der Waals surface area contributed by atoms with Crippen LogP contribution in [0.4, 0.5) is 0 Å². The van der Waals surface area contributed by atoms with Crippen LogP contribution in [0.1, 0.15) is 27.2 Å². The zero-order valence-electron chi connectivity index (χ0n) is 5.91. The highest BCUT2D eigenvalue weighted by Crippen LogP contribution is 2.16.